The van der Waals surface area contributed by atoms with E-state index < -0.39 is 0 Å². The zero-order valence-electron chi connectivity index (χ0n) is 15.5. The number of aromatic nitrogens is 7. The van der Waals surface area contributed by atoms with Crippen LogP contribution >= 0.6 is 0 Å². The predicted molar refractivity (Wildman–Crippen MR) is 106 cm³/mol. The second-order valence-corrected chi connectivity index (χ2v) is 6.55. The first kappa shape index (κ1) is 17.0. The highest BCUT2D eigenvalue weighted by Crippen LogP contribution is 2.17. The Morgan fingerprint density at radius 3 is 2.86 bits per heavy atom. The van der Waals surface area contributed by atoms with Crippen LogP contribution in [0, 0.1) is 6.92 Å². The molecule has 0 aliphatic heterocycles. The van der Waals surface area contributed by atoms with Crippen molar-refractivity contribution in [3.63, 3.8) is 0 Å². The van der Waals surface area contributed by atoms with Gasteiger partial charge in [0.1, 0.15) is 5.65 Å². The summed E-state index contributed by atoms with van der Waals surface area (Å²) in [6, 6.07) is 11.3. The first-order valence-electron chi connectivity index (χ1n) is 9.03. The van der Waals surface area contributed by atoms with Gasteiger partial charge in [0.15, 0.2) is 0 Å². The van der Waals surface area contributed by atoms with Crippen LogP contribution in [0.3, 0.4) is 0 Å². The Labute approximate surface area is 165 Å². The van der Waals surface area contributed by atoms with Gasteiger partial charge < -0.3 is 4.40 Å². The summed E-state index contributed by atoms with van der Waals surface area (Å²) >= 11 is 0. The average molecular weight is 384 g/mol. The molecule has 5 aromatic rings. The van der Waals surface area contributed by atoms with E-state index in [1.165, 1.54) is 0 Å². The quantitative estimate of drug-likeness (QED) is 0.510. The number of anilines is 1. The van der Waals surface area contributed by atoms with E-state index in [4.69, 9.17) is 0 Å². The van der Waals surface area contributed by atoms with Crippen LogP contribution < -0.4 is 5.32 Å². The molecule has 0 aliphatic carbocycles. The fourth-order valence-corrected chi connectivity index (χ4v) is 3.22. The monoisotopic (exact) mass is 384 g/mol. The number of hydrogen-bond donors (Lipinski definition) is 1. The first-order chi connectivity index (χ1) is 14.2. The van der Waals surface area contributed by atoms with Gasteiger partial charge in [-0.2, -0.15) is 9.50 Å². The van der Waals surface area contributed by atoms with Gasteiger partial charge in [-0.15, -0.1) is 5.10 Å². The molecule has 5 heterocycles. The Bertz CT molecular complexity index is 1340. The number of aryl methyl sites for hydroxylation is 1. The van der Waals surface area contributed by atoms with Crippen molar-refractivity contribution in [2.24, 2.45) is 0 Å². The van der Waals surface area contributed by atoms with Crippen LogP contribution in [0.25, 0.3) is 22.8 Å². The zero-order chi connectivity index (χ0) is 19.8. The molecule has 1 N–H and O–H groups in total. The van der Waals surface area contributed by atoms with Crippen molar-refractivity contribution >= 4 is 23.3 Å². The maximum atomic E-state index is 12.6. The normalized spacial score (nSPS) is 11.2. The molecule has 0 radical (unpaired) electrons. The van der Waals surface area contributed by atoms with Gasteiger partial charge in [0.2, 0.25) is 5.91 Å². The van der Waals surface area contributed by atoms with Gasteiger partial charge >= 0.3 is 0 Å². The van der Waals surface area contributed by atoms with Gasteiger partial charge in [0.05, 0.1) is 23.5 Å². The lowest BCUT2D eigenvalue weighted by molar-refractivity contribution is -0.115. The van der Waals surface area contributed by atoms with Crippen LogP contribution in [-0.4, -0.2) is 39.9 Å². The van der Waals surface area contributed by atoms with Crippen molar-refractivity contribution < 1.29 is 4.79 Å². The molecule has 1 amide bonds. The Morgan fingerprint density at radius 1 is 1.07 bits per heavy atom. The van der Waals surface area contributed by atoms with Gasteiger partial charge in [-0.25, -0.2) is 9.97 Å². The van der Waals surface area contributed by atoms with E-state index in [0.717, 1.165) is 28.3 Å². The standard InChI is InChI=1S/C20H16N8O/c1-13-5-4-10-27-14(12-23-18(13)27)11-17(29)24-19-25-20-22-9-7-16(28(20)26-19)15-6-2-3-8-21-15/h2-10,12H,11H2,1H3,(H,24,26,29). The summed E-state index contributed by atoms with van der Waals surface area (Å²) in [5.41, 5.74) is 4.15. The Hall–Kier alpha value is -4.14. The molecule has 142 valence electrons. The summed E-state index contributed by atoms with van der Waals surface area (Å²) < 4.78 is 3.47. The molecule has 5 rings (SSSR count). The van der Waals surface area contributed by atoms with Crippen LogP contribution in [-0.2, 0) is 11.2 Å². The van der Waals surface area contributed by atoms with Crippen LogP contribution in [0.4, 0.5) is 5.95 Å². The first-order valence-corrected chi connectivity index (χ1v) is 9.03. The number of amides is 1. The highest BCUT2D eigenvalue weighted by atomic mass is 16.1. The molecule has 0 spiro atoms. The van der Waals surface area contributed by atoms with Crippen LogP contribution in [0.5, 0.6) is 0 Å². The summed E-state index contributed by atoms with van der Waals surface area (Å²) in [6.45, 7) is 1.99. The molecule has 9 heteroatoms. The van der Waals surface area contributed by atoms with Crippen molar-refractivity contribution in [3.8, 4) is 11.4 Å². The van der Waals surface area contributed by atoms with Crippen molar-refractivity contribution in [2.45, 2.75) is 13.3 Å². The Balaban J connectivity index is 1.41. The molecule has 0 aromatic carbocycles. The molecule has 0 unspecified atom stereocenters. The molecular weight excluding hydrogens is 368 g/mol. The number of carbonyl (C=O) groups excluding carboxylic acids is 1. The smallest absolute Gasteiger partial charge is 0.254 e. The number of carbonyl (C=O) groups is 1. The summed E-state index contributed by atoms with van der Waals surface area (Å²) in [5.74, 6) is 0.341. The zero-order valence-corrected chi connectivity index (χ0v) is 15.5. The topological polar surface area (TPSA) is 102 Å². The maximum absolute atomic E-state index is 12.6. The number of pyridine rings is 2. The van der Waals surface area contributed by atoms with E-state index in [2.05, 4.69) is 30.4 Å². The fourth-order valence-electron chi connectivity index (χ4n) is 3.22. The highest BCUT2D eigenvalue weighted by Gasteiger charge is 2.14. The lowest BCUT2D eigenvalue weighted by atomic mass is 10.2. The SMILES string of the molecule is Cc1cccn2c(CC(=O)Nc3nc4nccc(-c5ccccn5)n4n3)cnc12. The van der Waals surface area contributed by atoms with Gasteiger partial charge in [-0.3, -0.25) is 15.1 Å². The minimum absolute atomic E-state index is 0.153. The Kier molecular flexibility index (Phi) is 3.98. The third kappa shape index (κ3) is 3.08. The molecule has 0 bridgehead atoms. The highest BCUT2D eigenvalue weighted by molar-refractivity contribution is 5.90. The van der Waals surface area contributed by atoms with E-state index >= 15 is 0 Å². The van der Waals surface area contributed by atoms with Gasteiger partial charge in [-0.1, -0.05) is 12.1 Å². The molecule has 0 saturated heterocycles. The molecular formula is C20H16N8O. The number of nitrogens with one attached hydrogen (secondary N) is 1. The third-order valence-corrected chi connectivity index (χ3v) is 4.57. The van der Waals surface area contributed by atoms with Crippen LogP contribution in [0.1, 0.15) is 11.3 Å². The van der Waals surface area contributed by atoms with E-state index in [1.807, 2.05) is 47.9 Å². The number of fused-ring (bicyclic) bond motifs is 2. The average Bonchev–Trinajstić information content (AvgIpc) is 3.33. The summed E-state index contributed by atoms with van der Waals surface area (Å²) in [4.78, 5) is 29.8. The molecule has 0 saturated carbocycles. The molecule has 5 aromatic heterocycles. The van der Waals surface area contributed by atoms with Gasteiger partial charge in [-0.05, 0) is 36.8 Å². The predicted octanol–water partition coefficient (Wildman–Crippen LogP) is 2.32. The van der Waals surface area contributed by atoms with Crippen molar-refractivity contribution in [1.82, 2.24) is 34.0 Å². The van der Waals surface area contributed by atoms with Crippen molar-refractivity contribution in [1.29, 1.82) is 0 Å². The second-order valence-electron chi connectivity index (χ2n) is 6.55. The lowest BCUT2D eigenvalue weighted by Gasteiger charge is -2.03. The van der Waals surface area contributed by atoms with E-state index in [0.29, 0.717) is 5.78 Å². The summed E-state index contributed by atoms with van der Waals surface area (Å²) in [7, 11) is 0. The fraction of sp³-hybridized carbons (Fsp3) is 0.100. The second kappa shape index (κ2) is 6.79. The third-order valence-electron chi connectivity index (χ3n) is 4.57. The largest absolute Gasteiger partial charge is 0.303 e. The van der Waals surface area contributed by atoms with Gasteiger partial charge in [0, 0.05) is 24.8 Å². The number of rotatable bonds is 4. The maximum Gasteiger partial charge on any atom is 0.254 e. The molecule has 0 aliphatic rings. The van der Waals surface area contributed by atoms with Crippen LogP contribution in [0.15, 0.2) is 61.2 Å². The minimum atomic E-state index is -0.233. The number of nitrogens with zero attached hydrogens (tertiary/aromatic N) is 7. The summed E-state index contributed by atoms with van der Waals surface area (Å²) in [5, 5.41) is 7.13. The number of hydrogen-bond acceptors (Lipinski definition) is 6. The van der Waals surface area contributed by atoms with Crippen LogP contribution in [0.2, 0.25) is 0 Å². The Morgan fingerprint density at radius 2 is 2.00 bits per heavy atom. The number of imidazole rings is 1. The molecule has 0 fully saturated rings. The van der Waals surface area contributed by atoms with E-state index in [1.54, 1.807) is 29.2 Å². The van der Waals surface area contributed by atoms with Crippen molar-refractivity contribution in [3.05, 3.63) is 72.4 Å². The molecule has 29 heavy (non-hydrogen) atoms. The molecule has 9 nitrogen and oxygen atoms in total. The summed E-state index contributed by atoms with van der Waals surface area (Å²) in [6.07, 6.45) is 7.10. The van der Waals surface area contributed by atoms with Crippen molar-refractivity contribution in [2.75, 3.05) is 5.32 Å². The minimum Gasteiger partial charge on any atom is -0.303 e. The van der Waals surface area contributed by atoms with E-state index in [9.17, 15) is 4.79 Å². The van der Waals surface area contributed by atoms with Gasteiger partial charge in [0.25, 0.3) is 11.7 Å². The van der Waals surface area contributed by atoms with E-state index in [-0.39, 0.29) is 18.3 Å². The molecule has 0 atom stereocenters. The lowest BCUT2D eigenvalue weighted by Crippen LogP contribution is -2.16.